The Bertz CT molecular complexity index is 717. The quantitative estimate of drug-likeness (QED) is 0.723. The fourth-order valence-corrected chi connectivity index (χ4v) is 2.97. The van der Waals surface area contributed by atoms with E-state index in [2.05, 4.69) is 20.3 Å². The van der Waals surface area contributed by atoms with E-state index in [1.165, 1.54) is 11.3 Å². The molecule has 0 unspecified atom stereocenters. The molecule has 5 nitrogen and oxygen atoms in total. The summed E-state index contributed by atoms with van der Waals surface area (Å²) in [7, 11) is 0. The fraction of sp³-hybridized carbons (Fsp3) is 0.273. The molecule has 0 aliphatic rings. The number of hydrogen-bond donors (Lipinski definition) is 0. The summed E-state index contributed by atoms with van der Waals surface area (Å²) in [4.78, 5) is 5.18. The Morgan fingerprint density at radius 3 is 2.94 bits per heavy atom. The molecule has 7 heteroatoms. The van der Waals surface area contributed by atoms with Crippen molar-refractivity contribution < 1.29 is 0 Å². The number of aryl methyl sites for hydroxylation is 2. The van der Waals surface area contributed by atoms with Gasteiger partial charge in [-0.25, -0.2) is 9.50 Å². The second-order valence-electron chi connectivity index (χ2n) is 4.04. The maximum Gasteiger partial charge on any atom is 0.183 e. The first-order chi connectivity index (χ1) is 8.65. The van der Waals surface area contributed by atoms with Gasteiger partial charge in [-0.2, -0.15) is 5.10 Å². The zero-order valence-electron chi connectivity index (χ0n) is 9.88. The van der Waals surface area contributed by atoms with Gasteiger partial charge in [-0.3, -0.25) is 0 Å². The average Bonchev–Trinajstić information content (AvgIpc) is 2.93. The molecule has 3 rings (SSSR count). The molecule has 0 amide bonds. The van der Waals surface area contributed by atoms with E-state index in [4.69, 9.17) is 11.6 Å². The van der Waals surface area contributed by atoms with Gasteiger partial charge in [0.25, 0.3) is 0 Å². The van der Waals surface area contributed by atoms with Gasteiger partial charge in [-0.05, 0) is 19.4 Å². The van der Waals surface area contributed by atoms with E-state index < -0.39 is 0 Å². The summed E-state index contributed by atoms with van der Waals surface area (Å²) in [5.74, 6) is 0. The van der Waals surface area contributed by atoms with Crippen LogP contribution in [-0.4, -0.2) is 24.8 Å². The Labute approximate surface area is 112 Å². The Hall–Kier alpha value is -1.53. The largest absolute Gasteiger partial charge is 0.233 e. The van der Waals surface area contributed by atoms with Crippen molar-refractivity contribution >= 4 is 28.6 Å². The highest BCUT2D eigenvalue weighted by Gasteiger charge is 2.12. The lowest BCUT2D eigenvalue weighted by molar-refractivity contribution is 0.865. The fourth-order valence-electron chi connectivity index (χ4n) is 1.98. The van der Waals surface area contributed by atoms with Crippen LogP contribution < -0.4 is 0 Å². The zero-order valence-corrected chi connectivity index (χ0v) is 11.5. The molecule has 0 aromatic carbocycles. The molecule has 3 heterocycles. The molecule has 92 valence electrons. The van der Waals surface area contributed by atoms with Gasteiger partial charge in [0.1, 0.15) is 6.33 Å². The molecule has 0 bridgehead atoms. The zero-order chi connectivity index (χ0) is 12.7. The molecular weight excluding hydrogens is 270 g/mol. The highest BCUT2D eigenvalue weighted by Crippen LogP contribution is 2.24. The molecule has 0 saturated carbocycles. The molecule has 18 heavy (non-hydrogen) atoms. The highest BCUT2D eigenvalue weighted by atomic mass is 35.5. The molecule has 3 aromatic rings. The molecule has 0 fully saturated rings. The number of nitrogens with zero attached hydrogens (tertiary/aromatic N) is 5. The number of thiazole rings is 1. The van der Waals surface area contributed by atoms with Crippen LogP contribution in [0.1, 0.15) is 21.7 Å². The van der Waals surface area contributed by atoms with Gasteiger partial charge in [0.2, 0.25) is 0 Å². The van der Waals surface area contributed by atoms with Crippen molar-refractivity contribution in [2.75, 3.05) is 0 Å². The van der Waals surface area contributed by atoms with E-state index in [-0.39, 0.29) is 0 Å². The average molecular weight is 280 g/mol. The lowest BCUT2D eigenvalue weighted by Crippen LogP contribution is -2.03. The van der Waals surface area contributed by atoms with Gasteiger partial charge in [0.05, 0.1) is 5.69 Å². The Morgan fingerprint density at radius 2 is 2.22 bits per heavy atom. The van der Waals surface area contributed by atoms with Crippen LogP contribution >= 0.6 is 22.9 Å². The number of halogens is 1. The molecule has 3 aromatic heterocycles. The van der Waals surface area contributed by atoms with E-state index >= 15 is 0 Å². The van der Waals surface area contributed by atoms with Crippen LogP contribution in [0.25, 0.3) is 5.65 Å². The van der Waals surface area contributed by atoms with Crippen molar-refractivity contribution in [2.45, 2.75) is 20.3 Å². The third-order valence-corrected chi connectivity index (χ3v) is 4.00. The predicted octanol–water partition coefficient (Wildman–Crippen LogP) is 2.44. The predicted molar refractivity (Wildman–Crippen MR) is 70.2 cm³/mol. The first kappa shape index (κ1) is 11.6. The van der Waals surface area contributed by atoms with Gasteiger partial charge in [0, 0.05) is 23.1 Å². The molecule has 0 radical (unpaired) electrons. The topological polar surface area (TPSA) is 56.0 Å². The van der Waals surface area contributed by atoms with Gasteiger partial charge < -0.3 is 0 Å². The number of fused-ring (bicyclic) bond motifs is 1. The minimum atomic E-state index is 0.567. The second-order valence-corrected chi connectivity index (χ2v) is 5.74. The number of rotatable bonds is 2. The van der Waals surface area contributed by atoms with Crippen molar-refractivity contribution in [3.8, 4) is 0 Å². The molecule has 0 aliphatic carbocycles. The van der Waals surface area contributed by atoms with Crippen molar-refractivity contribution in [1.29, 1.82) is 0 Å². The highest BCUT2D eigenvalue weighted by molar-refractivity contribution is 7.15. The van der Waals surface area contributed by atoms with Crippen LogP contribution in [0.4, 0.5) is 0 Å². The van der Waals surface area contributed by atoms with E-state index in [0.717, 1.165) is 33.8 Å². The number of aromatic nitrogens is 5. The van der Waals surface area contributed by atoms with E-state index in [1.54, 1.807) is 17.0 Å². The van der Waals surface area contributed by atoms with Gasteiger partial charge in [-0.15, -0.1) is 21.5 Å². The van der Waals surface area contributed by atoms with Crippen molar-refractivity contribution in [2.24, 2.45) is 0 Å². The summed E-state index contributed by atoms with van der Waals surface area (Å²) >= 11 is 7.34. The lowest BCUT2D eigenvalue weighted by atomic mass is 10.1. The normalized spacial score (nSPS) is 11.3. The minimum absolute atomic E-state index is 0.567. The monoisotopic (exact) mass is 279 g/mol. The van der Waals surface area contributed by atoms with E-state index in [9.17, 15) is 0 Å². The van der Waals surface area contributed by atoms with Crippen LogP contribution in [0.15, 0.2) is 12.5 Å². The first-order valence-electron chi connectivity index (χ1n) is 5.41. The van der Waals surface area contributed by atoms with Crippen molar-refractivity contribution in [3.05, 3.63) is 38.7 Å². The lowest BCUT2D eigenvalue weighted by Gasteiger charge is -2.08. The Morgan fingerprint density at radius 1 is 1.39 bits per heavy atom. The third-order valence-electron chi connectivity index (χ3n) is 2.89. The summed E-state index contributed by atoms with van der Waals surface area (Å²) in [6.07, 6.45) is 4.20. The summed E-state index contributed by atoms with van der Waals surface area (Å²) in [6, 6.07) is 0. The molecular formula is C11H10ClN5S. The Kier molecular flexibility index (Phi) is 2.76. The second kappa shape index (κ2) is 4.29. The summed E-state index contributed by atoms with van der Waals surface area (Å²) in [6.45, 7) is 4.03. The maximum atomic E-state index is 5.85. The van der Waals surface area contributed by atoms with Gasteiger partial charge in [-0.1, -0.05) is 11.6 Å². The van der Waals surface area contributed by atoms with Crippen LogP contribution in [0.2, 0.25) is 4.47 Å². The molecule has 0 saturated heterocycles. The molecule has 0 aliphatic heterocycles. The van der Waals surface area contributed by atoms with Crippen LogP contribution in [0.3, 0.4) is 0 Å². The molecule has 0 atom stereocenters. The summed E-state index contributed by atoms with van der Waals surface area (Å²) in [5.41, 5.74) is 4.04. The molecule has 0 spiro atoms. The summed E-state index contributed by atoms with van der Waals surface area (Å²) in [5, 5.41) is 12.4. The van der Waals surface area contributed by atoms with E-state index in [1.807, 2.05) is 13.8 Å². The minimum Gasteiger partial charge on any atom is -0.233 e. The van der Waals surface area contributed by atoms with Crippen LogP contribution in [0.5, 0.6) is 0 Å². The summed E-state index contributed by atoms with van der Waals surface area (Å²) < 4.78 is 2.27. The van der Waals surface area contributed by atoms with E-state index in [0.29, 0.717) is 4.47 Å². The number of hydrogen-bond acceptors (Lipinski definition) is 5. The SMILES string of the molecule is Cc1nn2cnnc2c(C)c1Cc1cnc(Cl)s1. The third kappa shape index (κ3) is 1.87. The van der Waals surface area contributed by atoms with Gasteiger partial charge in [0.15, 0.2) is 10.1 Å². The van der Waals surface area contributed by atoms with Crippen LogP contribution in [0, 0.1) is 13.8 Å². The Balaban J connectivity index is 2.10. The first-order valence-corrected chi connectivity index (χ1v) is 6.61. The molecule has 0 N–H and O–H groups in total. The smallest absolute Gasteiger partial charge is 0.183 e. The van der Waals surface area contributed by atoms with Crippen molar-refractivity contribution in [3.63, 3.8) is 0 Å². The van der Waals surface area contributed by atoms with Crippen LogP contribution in [-0.2, 0) is 6.42 Å². The standard InChI is InChI=1S/C11H10ClN5S/c1-6-9(3-8-4-13-11(12)18-8)7(2)16-17-5-14-15-10(6)17/h4-5H,3H2,1-2H3. The van der Waals surface area contributed by atoms with Crippen molar-refractivity contribution in [1.82, 2.24) is 24.8 Å². The maximum absolute atomic E-state index is 5.85. The van der Waals surface area contributed by atoms with Gasteiger partial charge >= 0.3 is 0 Å².